The highest BCUT2D eigenvalue weighted by Crippen LogP contribution is 2.46. The maximum absolute atomic E-state index is 13.5. The Morgan fingerprint density at radius 3 is 2.06 bits per heavy atom. The van der Waals surface area contributed by atoms with Crippen LogP contribution in [0, 0.1) is 35.5 Å². The predicted molar refractivity (Wildman–Crippen MR) is 135 cm³/mol. The average Bonchev–Trinajstić information content (AvgIpc) is 2.83. The van der Waals surface area contributed by atoms with Gasteiger partial charge in [0.05, 0.1) is 0 Å². The van der Waals surface area contributed by atoms with Crippen molar-refractivity contribution in [1.29, 1.82) is 0 Å². The van der Waals surface area contributed by atoms with Crippen molar-refractivity contribution in [3.63, 3.8) is 0 Å². The van der Waals surface area contributed by atoms with Gasteiger partial charge in [-0.1, -0.05) is 44.9 Å². The Balaban J connectivity index is 1.27. The Kier molecular flexibility index (Phi) is 8.42. The van der Waals surface area contributed by atoms with E-state index in [-0.39, 0.29) is 5.92 Å². The van der Waals surface area contributed by atoms with Crippen molar-refractivity contribution in [3.8, 4) is 0 Å². The van der Waals surface area contributed by atoms with Crippen molar-refractivity contribution >= 4 is 14.2 Å². The van der Waals surface area contributed by atoms with E-state index in [4.69, 9.17) is 5.73 Å². The van der Waals surface area contributed by atoms with E-state index in [1.807, 2.05) is 0 Å². The minimum Gasteiger partial charge on any atom is -0.432 e. The lowest BCUT2D eigenvalue weighted by Crippen LogP contribution is -2.45. The second kappa shape index (κ2) is 10.9. The molecule has 3 N–H and O–H groups in total. The summed E-state index contributed by atoms with van der Waals surface area (Å²) in [4.78, 5) is 26.4. The first-order valence-corrected chi connectivity index (χ1v) is 17.1. The van der Waals surface area contributed by atoms with Gasteiger partial charge in [-0.25, -0.2) is 0 Å². The van der Waals surface area contributed by atoms with Crippen LogP contribution in [0.5, 0.6) is 0 Å². The maximum atomic E-state index is 13.5. The number of nitrogens with two attached hydrogens (primary N) is 1. The van der Waals surface area contributed by atoms with Crippen LogP contribution in [0.4, 0.5) is 0 Å². The summed E-state index contributed by atoms with van der Waals surface area (Å²) < 4.78 is 0. The zero-order chi connectivity index (χ0) is 22.7. The maximum Gasteiger partial charge on any atom is 0.225 e. The summed E-state index contributed by atoms with van der Waals surface area (Å²) in [6, 6.07) is 0. The first-order chi connectivity index (χ1) is 15.3. The lowest BCUT2D eigenvalue weighted by molar-refractivity contribution is -0.139. The molecule has 0 aromatic carbocycles. The lowest BCUT2D eigenvalue weighted by Gasteiger charge is -2.43. The quantitative estimate of drug-likeness (QED) is 0.526. The van der Waals surface area contributed by atoms with Crippen molar-refractivity contribution in [3.05, 3.63) is 0 Å². The van der Waals surface area contributed by atoms with Crippen LogP contribution in [0.2, 0.25) is 18.6 Å². The molecule has 32 heavy (non-hydrogen) atoms. The van der Waals surface area contributed by atoms with Crippen LogP contribution in [0.3, 0.4) is 0 Å². The molecule has 4 fully saturated rings. The molecule has 1 aliphatic heterocycles. The highest BCUT2D eigenvalue weighted by Gasteiger charge is 2.40. The fourth-order valence-electron chi connectivity index (χ4n) is 8.00. The molecule has 5 heteroatoms. The van der Waals surface area contributed by atoms with Crippen LogP contribution in [-0.2, 0) is 4.79 Å². The van der Waals surface area contributed by atoms with E-state index in [0.717, 1.165) is 56.1 Å². The number of carbonyl (C=O) groups is 1. The second-order valence-corrected chi connectivity index (χ2v) is 16.7. The minimum absolute atomic E-state index is 0.265. The molecule has 6 atom stereocenters. The molecule has 0 bridgehead atoms. The molecule has 4 aliphatic rings. The van der Waals surface area contributed by atoms with Gasteiger partial charge in [-0.2, -0.15) is 0 Å². The number of rotatable bonds is 5. The molecule has 1 heterocycles. The van der Waals surface area contributed by atoms with Crippen LogP contribution >= 0.6 is 0 Å². The van der Waals surface area contributed by atoms with Crippen LogP contribution < -0.4 is 5.73 Å². The summed E-state index contributed by atoms with van der Waals surface area (Å²) in [5, 5.41) is 0. The molecule has 4 rings (SSSR count). The molecule has 1 saturated heterocycles. The normalized spacial score (nSPS) is 37.9. The van der Waals surface area contributed by atoms with E-state index in [1.54, 1.807) is 0 Å². The van der Waals surface area contributed by atoms with Gasteiger partial charge in [-0.05, 0) is 99.7 Å². The standard InChI is InChI=1S/C27H50N2O2Si/c1-32(2,31)26-11-5-9-24(18-26)23-8-4-10-25(17-23)27(30)29-14-12-21(13-15-29)22-7-3-6-20(16-22)19-28/h20-26,31H,3-19,28H2,1-2H3. The Labute approximate surface area is 198 Å². The average molecular weight is 463 g/mol. The van der Waals surface area contributed by atoms with Gasteiger partial charge in [0.15, 0.2) is 8.32 Å². The van der Waals surface area contributed by atoms with E-state index in [9.17, 15) is 9.59 Å². The number of amides is 1. The number of carbonyl (C=O) groups excluding carboxylic acids is 1. The van der Waals surface area contributed by atoms with E-state index in [2.05, 4.69) is 18.0 Å². The third-order valence-corrected chi connectivity index (χ3v) is 12.6. The van der Waals surface area contributed by atoms with E-state index < -0.39 is 8.32 Å². The molecule has 184 valence electrons. The fraction of sp³-hybridized carbons (Fsp3) is 0.963. The lowest BCUT2D eigenvalue weighted by atomic mass is 9.69. The topological polar surface area (TPSA) is 66.6 Å². The Morgan fingerprint density at radius 1 is 0.812 bits per heavy atom. The van der Waals surface area contributed by atoms with Crippen molar-refractivity contribution in [2.24, 2.45) is 41.2 Å². The smallest absolute Gasteiger partial charge is 0.225 e. The van der Waals surface area contributed by atoms with Crippen LogP contribution in [0.15, 0.2) is 0 Å². The Morgan fingerprint density at radius 2 is 1.41 bits per heavy atom. The molecule has 3 saturated carbocycles. The summed E-state index contributed by atoms with van der Waals surface area (Å²) in [7, 11) is -2.04. The van der Waals surface area contributed by atoms with Crippen molar-refractivity contribution in [2.45, 2.75) is 109 Å². The molecule has 3 aliphatic carbocycles. The highest BCUT2D eigenvalue weighted by molar-refractivity contribution is 6.71. The second-order valence-electron chi connectivity index (χ2n) is 12.6. The molecule has 0 aromatic rings. The van der Waals surface area contributed by atoms with Gasteiger partial charge in [0, 0.05) is 19.0 Å². The number of piperidine rings is 1. The SMILES string of the molecule is C[Si](C)(O)C1CCCC(C2CCCC(C(=O)N3CCC(C4CCCC(CN)C4)CC3)C2)C1. The zero-order valence-corrected chi connectivity index (χ0v) is 21.9. The summed E-state index contributed by atoms with van der Waals surface area (Å²) in [5.74, 6) is 4.61. The largest absolute Gasteiger partial charge is 0.432 e. The van der Waals surface area contributed by atoms with E-state index in [1.165, 1.54) is 77.0 Å². The summed E-state index contributed by atoms with van der Waals surface area (Å²) >= 11 is 0. The zero-order valence-electron chi connectivity index (χ0n) is 20.9. The first kappa shape index (κ1) is 24.7. The number of nitrogens with zero attached hydrogens (tertiary/aromatic N) is 1. The monoisotopic (exact) mass is 462 g/mol. The van der Waals surface area contributed by atoms with Gasteiger partial charge in [-0.15, -0.1) is 0 Å². The number of hydrogen-bond acceptors (Lipinski definition) is 3. The molecule has 4 nitrogen and oxygen atoms in total. The molecular formula is C27H50N2O2Si. The molecule has 0 aromatic heterocycles. The predicted octanol–water partition coefficient (Wildman–Crippen LogP) is 5.55. The van der Waals surface area contributed by atoms with Gasteiger partial charge < -0.3 is 15.4 Å². The summed E-state index contributed by atoms with van der Waals surface area (Å²) in [5.41, 5.74) is 6.53. The van der Waals surface area contributed by atoms with Gasteiger partial charge in [0.1, 0.15) is 0 Å². The first-order valence-electron chi connectivity index (χ1n) is 14.1. The van der Waals surface area contributed by atoms with Gasteiger partial charge in [0.2, 0.25) is 5.91 Å². The molecule has 1 amide bonds. The number of likely N-dealkylation sites (tertiary alicyclic amines) is 1. The van der Waals surface area contributed by atoms with Crippen LogP contribution in [0.25, 0.3) is 0 Å². The van der Waals surface area contributed by atoms with Crippen LogP contribution in [0.1, 0.15) is 89.9 Å². The molecular weight excluding hydrogens is 412 g/mol. The third kappa shape index (κ3) is 5.99. The molecule has 0 radical (unpaired) electrons. The van der Waals surface area contributed by atoms with Crippen LogP contribution in [-0.4, -0.2) is 43.6 Å². The van der Waals surface area contributed by atoms with Gasteiger partial charge in [0.25, 0.3) is 0 Å². The summed E-state index contributed by atoms with van der Waals surface area (Å²) in [6.07, 6.45) is 17.6. The third-order valence-electron chi connectivity index (χ3n) is 10.1. The highest BCUT2D eigenvalue weighted by atomic mass is 28.4. The van der Waals surface area contributed by atoms with Crippen molar-refractivity contribution in [2.75, 3.05) is 19.6 Å². The van der Waals surface area contributed by atoms with Gasteiger partial charge in [-0.3, -0.25) is 4.79 Å². The minimum atomic E-state index is -2.04. The van der Waals surface area contributed by atoms with E-state index >= 15 is 0 Å². The van der Waals surface area contributed by atoms with Crippen molar-refractivity contribution in [1.82, 2.24) is 4.90 Å². The Hall–Kier alpha value is -0.393. The molecule has 6 unspecified atom stereocenters. The number of hydrogen-bond donors (Lipinski definition) is 2. The summed E-state index contributed by atoms with van der Waals surface area (Å²) in [6.45, 7) is 7.09. The van der Waals surface area contributed by atoms with Crippen molar-refractivity contribution < 1.29 is 9.59 Å². The van der Waals surface area contributed by atoms with Gasteiger partial charge >= 0.3 is 0 Å². The fourth-order valence-corrected chi connectivity index (χ4v) is 9.79. The molecule has 0 spiro atoms. The van der Waals surface area contributed by atoms with E-state index in [0.29, 0.717) is 17.4 Å². The Bertz CT molecular complexity index is 613.